The van der Waals surface area contributed by atoms with Crippen LogP contribution in [0.15, 0.2) is 6.20 Å². The van der Waals surface area contributed by atoms with E-state index in [-0.39, 0.29) is 0 Å². The molecule has 5 heteroatoms. The second-order valence-electron chi connectivity index (χ2n) is 4.70. The van der Waals surface area contributed by atoms with E-state index in [1.54, 1.807) is 0 Å². The second-order valence-corrected chi connectivity index (χ2v) is 4.70. The molecule has 0 spiro atoms. The molecule has 0 atom stereocenters. The molecule has 2 N–H and O–H groups in total. The van der Waals surface area contributed by atoms with Crippen molar-refractivity contribution < 1.29 is 4.74 Å². The molecule has 1 fully saturated rings. The smallest absolute Gasteiger partial charge is 0.224 e. The molecule has 100 valence electrons. The van der Waals surface area contributed by atoms with E-state index in [4.69, 9.17) is 4.74 Å². The molecule has 0 saturated heterocycles. The topological polar surface area (TPSA) is 59.1 Å². The molecule has 5 nitrogen and oxygen atoms in total. The zero-order valence-electron chi connectivity index (χ0n) is 11.2. The van der Waals surface area contributed by atoms with Crippen LogP contribution < -0.4 is 10.6 Å². The Kier molecular flexibility index (Phi) is 4.75. The Bertz CT molecular complexity index is 379. The van der Waals surface area contributed by atoms with E-state index in [0.29, 0.717) is 5.95 Å². The van der Waals surface area contributed by atoms with E-state index in [9.17, 15) is 0 Å². The third-order valence-electron chi connectivity index (χ3n) is 2.90. The lowest BCUT2D eigenvalue weighted by atomic mass is 10.3. The number of anilines is 2. The molecule has 1 aliphatic carbocycles. The average molecular weight is 250 g/mol. The van der Waals surface area contributed by atoms with Crippen molar-refractivity contribution in [3.8, 4) is 0 Å². The van der Waals surface area contributed by atoms with Crippen molar-refractivity contribution in [2.24, 2.45) is 5.92 Å². The third kappa shape index (κ3) is 4.14. The zero-order chi connectivity index (χ0) is 12.8. The van der Waals surface area contributed by atoms with Crippen LogP contribution in [0.25, 0.3) is 0 Å². The number of rotatable bonds is 8. The molecular weight excluding hydrogens is 228 g/mol. The number of nitrogens with zero attached hydrogens (tertiary/aromatic N) is 2. The van der Waals surface area contributed by atoms with Gasteiger partial charge in [-0.05, 0) is 32.6 Å². The van der Waals surface area contributed by atoms with Gasteiger partial charge in [0, 0.05) is 31.5 Å². The largest absolute Gasteiger partial charge is 0.379 e. The number of aryl methyl sites for hydroxylation is 1. The Hall–Kier alpha value is -1.36. The van der Waals surface area contributed by atoms with Crippen LogP contribution in [0.4, 0.5) is 11.8 Å². The highest BCUT2D eigenvalue weighted by atomic mass is 16.5. The van der Waals surface area contributed by atoms with Crippen LogP contribution in [0, 0.1) is 12.8 Å². The molecule has 2 rings (SSSR count). The standard InChI is InChI=1S/C13H22N4O/c1-3-14-13-16-8-10(2)12(17-13)15-6-7-18-9-11-4-5-11/h8,11H,3-7,9H2,1-2H3,(H2,14,15,16,17). The van der Waals surface area contributed by atoms with Gasteiger partial charge in [-0.15, -0.1) is 0 Å². The van der Waals surface area contributed by atoms with Crippen molar-refractivity contribution >= 4 is 11.8 Å². The Balaban J connectivity index is 1.73. The maximum Gasteiger partial charge on any atom is 0.224 e. The number of hydrogen-bond donors (Lipinski definition) is 2. The van der Waals surface area contributed by atoms with E-state index < -0.39 is 0 Å². The molecule has 0 unspecified atom stereocenters. The predicted molar refractivity (Wildman–Crippen MR) is 73.0 cm³/mol. The number of hydrogen-bond acceptors (Lipinski definition) is 5. The molecule has 1 aromatic rings. The highest BCUT2D eigenvalue weighted by molar-refractivity contribution is 5.46. The quantitative estimate of drug-likeness (QED) is 0.692. The first-order chi connectivity index (χ1) is 8.79. The van der Waals surface area contributed by atoms with Crippen molar-refractivity contribution in [1.82, 2.24) is 9.97 Å². The van der Waals surface area contributed by atoms with Crippen LogP contribution in [0.5, 0.6) is 0 Å². The summed E-state index contributed by atoms with van der Waals surface area (Å²) in [7, 11) is 0. The summed E-state index contributed by atoms with van der Waals surface area (Å²) in [6, 6.07) is 0. The summed E-state index contributed by atoms with van der Waals surface area (Å²) in [5, 5.41) is 6.40. The van der Waals surface area contributed by atoms with Gasteiger partial charge in [-0.1, -0.05) is 0 Å². The van der Waals surface area contributed by atoms with Crippen molar-refractivity contribution in [2.75, 3.05) is 36.9 Å². The summed E-state index contributed by atoms with van der Waals surface area (Å²) in [5.74, 6) is 2.38. The number of ether oxygens (including phenoxy) is 1. The van der Waals surface area contributed by atoms with Gasteiger partial charge in [0.2, 0.25) is 5.95 Å². The molecule has 0 radical (unpaired) electrons. The molecule has 0 bridgehead atoms. The number of aromatic nitrogens is 2. The van der Waals surface area contributed by atoms with Crippen LogP contribution in [-0.2, 0) is 4.74 Å². The number of nitrogens with one attached hydrogen (secondary N) is 2. The van der Waals surface area contributed by atoms with Crippen molar-refractivity contribution in [2.45, 2.75) is 26.7 Å². The summed E-state index contributed by atoms with van der Waals surface area (Å²) in [4.78, 5) is 8.63. The van der Waals surface area contributed by atoms with Gasteiger partial charge in [-0.2, -0.15) is 4.98 Å². The monoisotopic (exact) mass is 250 g/mol. The Morgan fingerprint density at radius 2 is 2.22 bits per heavy atom. The highest BCUT2D eigenvalue weighted by Gasteiger charge is 2.20. The van der Waals surface area contributed by atoms with Gasteiger partial charge in [0.25, 0.3) is 0 Å². The minimum Gasteiger partial charge on any atom is -0.379 e. The van der Waals surface area contributed by atoms with E-state index in [2.05, 4.69) is 20.6 Å². The first-order valence-corrected chi connectivity index (χ1v) is 6.68. The van der Waals surface area contributed by atoms with Gasteiger partial charge >= 0.3 is 0 Å². The van der Waals surface area contributed by atoms with Gasteiger partial charge < -0.3 is 15.4 Å². The summed E-state index contributed by atoms with van der Waals surface area (Å²) in [5.41, 5.74) is 1.05. The molecule has 0 aliphatic heterocycles. The van der Waals surface area contributed by atoms with Crippen molar-refractivity contribution in [1.29, 1.82) is 0 Å². The zero-order valence-corrected chi connectivity index (χ0v) is 11.2. The maximum absolute atomic E-state index is 5.58. The van der Waals surface area contributed by atoms with Crippen LogP contribution >= 0.6 is 0 Å². The van der Waals surface area contributed by atoms with Crippen LogP contribution in [0.1, 0.15) is 25.3 Å². The van der Waals surface area contributed by atoms with Gasteiger partial charge in [-0.3, -0.25) is 0 Å². The fourth-order valence-corrected chi connectivity index (χ4v) is 1.64. The Morgan fingerprint density at radius 1 is 1.39 bits per heavy atom. The van der Waals surface area contributed by atoms with E-state index in [0.717, 1.165) is 43.6 Å². The molecule has 18 heavy (non-hydrogen) atoms. The van der Waals surface area contributed by atoms with Crippen LogP contribution in [-0.4, -0.2) is 36.3 Å². The fraction of sp³-hybridized carbons (Fsp3) is 0.692. The van der Waals surface area contributed by atoms with Crippen molar-refractivity contribution in [3.63, 3.8) is 0 Å². The molecule has 1 saturated carbocycles. The molecular formula is C13H22N4O. The molecule has 1 aliphatic rings. The third-order valence-corrected chi connectivity index (χ3v) is 2.90. The maximum atomic E-state index is 5.58. The highest BCUT2D eigenvalue weighted by Crippen LogP contribution is 2.28. The SMILES string of the molecule is CCNc1ncc(C)c(NCCOCC2CC2)n1. The fourth-order valence-electron chi connectivity index (χ4n) is 1.64. The summed E-state index contributed by atoms with van der Waals surface area (Å²) < 4.78 is 5.58. The summed E-state index contributed by atoms with van der Waals surface area (Å²) in [6.45, 7) is 7.29. The Labute approximate surface area is 108 Å². The normalized spacial score (nSPS) is 14.6. The lowest BCUT2D eigenvalue weighted by molar-refractivity contribution is 0.134. The summed E-state index contributed by atoms with van der Waals surface area (Å²) >= 11 is 0. The minimum absolute atomic E-state index is 0.671. The van der Waals surface area contributed by atoms with Crippen LogP contribution in [0.3, 0.4) is 0 Å². The van der Waals surface area contributed by atoms with Crippen molar-refractivity contribution in [3.05, 3.63) is 11.8 Å². The predicted octanol–water partition coefficient (Wildman–Crippen LogP) is 2.06. The van der Waals surface area contributed by atoms with E-state index in [1.807, 2.05) is 20.0 Å². The van der Waals surface area contributed by atoms with E-state index in [1.165, 1.54) is 12.8 Å². The molecule has 1 heterocycles. The first kappa shape index (κ1) is 13.1. The first-order valence-electron chi connectivity index (χ1n) is 6.68. The van der Waals surface area contributed by atoms with Gasteiger partial charge in [0.1, 0.15) is 5.82 Å². The molecule has 1 aromatic heterocycles. The van der Waals surface area contributed by atoms with Gasteiger partial charge in [-0.25, -0.2) is 4.98 Å². The van der Waals surface area contributed by atoms with Gasteiger partial charge in [0.05, 0.1) is 6.61 Å². The second kappa shape index (κ2) is 6.54. The van der Waals surface area contributed by atoms with Gasteiger partial charge in [0.15, 0.2) is 0 Å². The Morgan fingerprint density at radius 3 is 2.94 bits per heavy atom. The molecule has 0 aromatic carbocycles. The molecule has 0 amide bonds. The minimum atomic E-state index is 0.671. The lowest BCUT2D eigenvalue weighted by Gasteiger charge is -2.10. The average Bonchev–Trinajstić information content (AvgIpc) is 3.17. The summed E-state index contributed by atoms with van der Waals surface area (Å²) in [6.07, 6.45) is 4.51. The van der Waals surface area contributed by atoms with E-state index >= 15 is 0 Å². The lowest BCUT2D eigenvalue weighted by Crippen LogP contribution is -2.13. The van der Waals surface area contributed by atoms with Crippen LogP contribution in [0.2, 0.25) is 0 Å².